The maximum absolute atomic E-state index is 13.0. The molecule has 0 aliphatic carbocycles. The molecule has 1 aromatic carbocycles. The van der Waals surface area contributed by atoms with Gasteiger partial charge in [0.05, 0.1) is 27.9 Å². The number of anilines is 1. The third-order valence-electron chi connectivity index (χ3n) is 4.01. The summed E-state index contributed by atoms with van der Waals surface area (Å²) in [6.45, 7) is 3.20. The molecule has 3 heterocycles. The molecule has 124 valence electrons. The Morgan fingerprint density at radius 3 is 2.96 bits per heavy atom. The zero-order chi connectivity index (χ0) is 16.5. The average Bonchev–Trinajstić information content (AvgIpc) is 3.32. The molecule has 1 fully saturated rings. The number of nitrogens with zero attached hydrogens (tertiary/aromatic N) is 3. The number of hydrogen-bond donors (Lipinski definition) is 0. The molecule has 3 aromatic rings. The fraction of sp³-hybridized carbons (Fsp3) is 0.353. The highest BCUT2D eigenvalue weighted by molar-refractivity contribution is 7.22. The molecule has 5 nitrogen and oxygen atoms in total. The second kappa shape index (κ2) is 6.58. The minimum Gasteiger partial charge on any atom is -0.376 e. The molecule has 24 heavy (non-hydrogen) atoms. The van der Waals surface area contributed by atoms with E-state index >= 15 is 0 Å². The van der Waals surface area contributed by atoms with Gasteiger partial charge in [-0.1, -0.05) is 23.5 Å². The van der Waals surface area contributed by atoms with Crippen molar-refractivity contribution in [3.63, 3.8) is 0 Å². The summed E-state index contributed by atoms with van der Waals surface area (Å²) >= 11 is 3.02. The fourth-order valence-electron chi connectivity index (χ4n) is 2.82. The van der Waals surface area contributed by atoms with Gasteiger partial charge in [0.2, 0.25) is 0 Å². The van der Waals surface area contributed by atoms with E-state index in [9.17, 15) is 4.79 Å². The maximum Gasteiger partial charge on any atom is 0.279 e. The van der Waals surface area contributed by atoms with Crippen LogP contribution in [-0.4, -0.2) is 35.1 Å². The molecule has 4 rings (SSSR count). The van der Waals surface area contributed by atoms with Crippen molar-refractivity contribution >= 4 is 43.9 Å². The van der Waals surface area contributed by atoms with Crippen molar-refractivity contribution in [3.05, 3.63) is 40.3 Å². The van der Waals surface area contributed by atoms with E-state index in [1.165, 1.54) is 22.7 Å². The lowest BCUT2D eigenvalue weighted by molar-refractivity contribution is 0.0914. The third kappa shape index (κ3) is 3.07. The van der Waals surface area contributed by atoms with E-state index in [0.717, 1.165) is 34.7 Å². The molecule has 0 saturated carbocycles. The highest BCUT2D eigenvalue weighted by atomic mass is 32.1. The first-order valence-electron chi connectivity index (χ1n) is 7.92. The van der Waals surface area contributed by atoms with Crippen molar-refractivity contribution in [1.82, 2.24) is 9.97 Å². The van der Waals surface area contributed by atoms with Gasteiger partial charge in [-0.2, -0.15) is 0 Å². The molecule has 1 aliphatic rings. The van der Waals surface area contributed by atoms with Crippen LogP contribution in [0.1, 0.15) is 28.3 Å². The Balaban J connectivity index is 1.69. The third-order valence-corrected chi connectivity index (χ3v) is 5.84. The van der Waals surface area contributed by atoms with Gasteiger partial charge in [-0.25, -0.2) is 9.97 Å². The lowest BCUT2D eigenvalue weighted by atomic mass is 10.2. The highest BCUT2D eigenvalue weighted by Gasteiger charge is 2.28. The first-order valence-corrected chi connectivity index (χ1v) is 9.61. The van der Waals surface area contributed by atoms with Crippen LogP contribution in [0.3, 0.4) is 0 Å². The number of amides is 1. The minimum absolute atomic E-state index is 0.0701. The largest absolute Gasteiger partial charge is 0.376 e. The first kappa shape index (κ1) is 15.7. The van der Waals surface area contributed by atoms with Crippen LogP contribution in [0.2, 0.25) is 0 Å². The van der Waals surface area contributed by atoms with Crippen molar-refractivity contribution in [2.24, 2.45) is 0 Å². The number of rotatable bonds is 4. The summed E-state index contributed by atoms with van der Waals surface area (Å²) in [5.41, 5.74) is 1.40. The van der Waals surface area contributed by atoms with E-state index in [0.29, 0.717) is 17.4 Å². The van der Waals surface area contributed by atoms with Gasteiger partial charge in [0.1, 0.15) is 5.69 Å². The number of aromatic nitrogens is 2. The van der Waals surface area contributed by atoms with Crippen molar-refractivity contribution < 1.29 is 9.53 Å². The van der Waals surface area contributed by atoms with Gasteiger partial charge in [0.25, 0.3) is 5.91 Å². The lowest BCUT2D eigenvalue weighted by Crippen LogP contribution is -2.37. The molecule has 1 unspecified atom stereocenters. The average molecular weight is 359 g/mol. The smallest absolute Gasteiger partial charge is 0.279 e. The zero-order valence-electron chi connectivity index (χ0n) is 13.3. The summed E-state index contributed by atoms with van der Waals surface area (Å²) in [7, 11) is 0. The van der Waals surface area contributed by atoms with Gasteiger partial charge < -0.3 is 4.74 Å². The first-order chi connectivity index (χ1) is 11.7. The van der Waals surface area contributed by atoms with Crippen LogP contribution in [0.4, 0.5) is 5.13 Å². The molecule has 1 saturated heterocycles. The van der Waals surface area contributed by atoms with E-state index in [1.54, 1.807) is 4.90 Å². The number of ether oxygens (including phenoxy) is 1. The van der Waals surface area contributed by atoms with Crippen molar-refractivity contribution in [2.75, 3.05) is 18.1 Å². The van der Waals surface area contributed by atoms with E-state index in [1.807, 2.05) is 36.6 Å². The van der Waals surface area contributed by atoms with E-state index in [-0.39, 0.29) is 12.0 Å². The Bertz CT molecular complexity index is 834. The summed E-state index contributed by atoms with van der Waals surface area (Å²) < 4.78 is 6.81. The summed E-state index contributed by atoms with van der Waals surface area (Å²) in [6, 6.07) is 7.94. The van der Waals surface area contributed by atoms with Crippen LogP contribution in [-0.2, 0) is 4.74 Å². The summed E-state index contributed by atoms with van der Waals surface area (Å²) in [4.78, 5) is 23.7. The van der Waals surface area contributed by atoms with Gasteiger partial charge in [-0.05, 0) is 31.9 Å². The monoisotopic (exact) mass is 359 g/mol. The molecular weight excluding hydrogens is 342 g/mol. The van der Waals surface area contributed by atoms with Crippen LogP contribution in [0.5, 0.6) is 0 Å². The molecule has 1 atom stereocenters. The molecule has 1 amide bonds. The quantitative estimate of drug-likeness (QED) is 0.709. The minimum atomic E-state index is -0.103. The van der Waals surface area contributed by atoms with Gasteiger partial charge in [-0.3, -0.25) is 9.69 Å². The normalized spacial score (nSPS) is 17.5. The molecule has 0 bridgehead atoms. The molecule has 0 spiro atoms. The van der Waals surface area contributed by atoms with E-state index in [2.05, 4.69) is 9.97 Å². The van der Waals surface area contributed by atoms with Crippen molar-refractivity contribution in [2.45, 2.75) is 25.9 Å². The van der Waals surface area contributed by atoms with Crippen LogP contribution >= 0.6 is 22.7 Å². The van der Waals surface area contributed by atoms with Gasteiger partial charge in [0.15, 0.2) is 5.13 Å². The maximum atomic E-state index is 13.0. The zero-order valence-corrected chi connectivity index (χ0v) is 14.9. The number of para-hydroxylation sites is 1. The Kier molecular flexibility index (Phi) is 4.30. The Morgan fingerprint density at radius 2 is 2.25 bits per heavy atom. The van der Waals surface area contributed by atoms with Crippen LogP contribution in [0, 0.1) is 6.92 Å². The predicted octanol–water partition coefficient (Wildman–Crippen LogP) is 3.89. The van der Waals surface area contributed by atoms with E-state index < -0.39 is 0 Å². The second-order valence-corrected chi connectivity index (χ2v) is 7.84. The van der Waals surface area contributed by atoms with E-state index in [4.69, 9.17) is 4.74 Å². The molecule has 1 aliphatic heterocycles. The summed E-state index contributed by atoms with van der Waals surface area (Å²) in [5, 5.41) is 3.41. The Hall–Kier alpha value is -1.83. The molecule has 7 heteroatoms. The fourth-order valence-corrected chi connectivity index (χ4v) is 4.38. The van der Waals surface area contributed by atoms with Crippen molar-refractivity contribution in [1.29, 1.82) is 0 Å². The number of thiazole rings is 2. The SMILES string of the molecule is Cc1nc(C(=O)N(CC2CCCO2)c2nc3ccccc3s2)cs1. The highest BCUT2D eigenvalue weighted by Crippen LogP contribution is 2.30. The van der Waals surface area contributed by atoms with Gasteiger partial charge >= 0.3 is 0 Å². The number of hydrogen-bond acceptors (Lipinski definition) is 6. The number of carbonyl (C=O) groups is 1. The molecule has 2 aromatic heterocycles. The molecule has 0 N–H and O–H groups in total. The van der Waals surface area contributed by atoms with Crippen LogP contribution in [0.25, 0.3) is 10.2 Å². The number of carbonyl (C=O) groups excluding carboxylic acids is 1. The summed E-state index contributed by atoms with van der Waals surface area (Å²) in [6.07, 6.45) is 2.09. The topological polar surface area (TPSA) is 55.3 Å². The van der Waals surface area contributed by atoms with Gasteiger partial charge in [-0.15, -0.1) is 11.3 Å². The molecular formula is C17H17N3O2S2. The number of fused-ring (bicyclic) bond motifs is 1. The van der Waals surface area contributed by atoms with Crippen LogP contribution < -0.4 is 4.90 Å². The van der Waals surface area contributed by atoms with Gasteiger partial charge in [0, 0.05) is 12.0 Å². The number of aryl methyl sites for hydroxylation is 1. The van der Waals surface area contributed by atoms with Crippen molar-refractivity contribution in [3.8, 4) is 0 Å². The lowest BCUT2D eigenvalue weighted by Gasteiger charge is -2.22. The van der Waals surface area contributed by atoms with Crippen LogP contribution in [0.15, 0.2) is 29.6 Å². The second-order valence-electron chi connectivity index (χ2n) is 5.77. The predicted molar refractivity (Wildman–Crippen MR) is 97.1 cm³/mol. The molecule has 0 radical (unpaired) electrons. The Labute approximate surface area is 147 Å². The standard InChI is InChI=1S/C17H17N3O2S2/c1-11-18-14(10-23-11)16(21)20(9-12-5-4-8-22-12)17-19-13-6-2-3-7-15(13)24-17/h2-3,6-7,10,12H,4-5,8-9H2,1H3. The number of benzene rings is 1. The summed E-state index contributed by atoms with van der Waals surface area (Å²) in [5.74, 6) is -0.103. The Morgan fingerprint density at radius 1 is 1.38 bits per heavy atom.